The maximum absolute atomic E-state index is 14.0. The lowest BCUT2D eigenvalue weighted by Gasteiger charge is -2.09. The van der Waals surface area contributed by atoms with Crippen molar-refractivity contribution < 1.29 is 8.91 Å². The Morgan fingerprint density at radius 3 is 2.59 bits per heavy atom. The smallest absolute Gasteiger partial charge is 0.286 e. The molecular formula is C17H15FN2O2. The van der Waals surface area contributed by atoms with E-state index in [1.165, 1.54) is 10.6 Å². The Kier molecular flexibility index (Phi) is 3.63. The van der Waals surface area contributed by atoms with Crippen molar-refractivity contribution in [3.8, 4) is 11.1 Å². The van der Waals surface area contributed by atoms with Crippen molar-refractivity contribution in [1.82, 2.24) is 9.72 Å². The molecule has 3 rings (SSSR count). The van der Waals surface area contributed by atoms with E-state index in [1.807, 2.05) is 30.3 Å². The fourth-order valence-corrected chi connectivity index (χ4v) is 2.53. The topological polar surface area (TPSA) is 48.0 Å². The molecule has 0 saturated carbocycles. The van der Waals surface area contributed by atoms with E-state index in [4.69, 9.17) is 4.52 Å². The van der Waals surface area contributed by atoms with E-state index in [0.29, 0.717) is 23.6 Å². The van der Waals surface area contributed by atoms with Crippen LogP contribution in [-0.4, -0.2) is 9.72 Å². The van der Waals surface area contributed by atoms with Crippen LogP contribution in [0.25, 0.3) is 11.1 Å². The van der Waals surface area contributed by atoms with Crippen molar-refractivity contribution in [2.75, 3.05) is 0 Å². The molecule has 0 aliphatic heterocycles. The third-order valence-corrected chi connectivity index (χ3v) is 3.56. The van der Waals surface area contributed by atoms with Gasteiger partial charge in [-0.15, -0.1) is 0 Å². The zero-order chi connectivity index (χ0) is 15.7. The first-order valence-corrected chi connectivity index (χ1v) is 6.93. The minimum absolute atomic E-state index is 0.313. The van der Waals surface area contributed by atoms with Crippen LogP contribution in [-0.2, 0) is 6.54 Å². The van der Waals surface area contributed by atoms with Gasteiger partial charge in [0.15, 0.2) is 5.82 Å². The van der Waals surface area contributed by atoms with Gasteiger partial charge in [-0.2, -0.15) is 0 Å². The van der Waals surface area contributed by atoms with Crippen molar-refractivity contribution in [2.45, 2.75) is 20.4 Å². The average Bonchev–Trinajstić information content (AvgIpc) is 2.84. The number of rotatable bonds is 3. The summed E-state index contributed by atoms with van der Waals surface area (Å²) in [5.74, 6) is -0.185. The van der Waals surface area contributed by atoms with E-state index >= 15 is 0 Å². The lowest BCUT2D eigenvalue weighted by molar-refractivity contribution is 0.393. The van der Waals surface area contributed by atoms with E-state index in [0.717, 1.165) is 11.1 Å². The molecule has 112 valence electrons. The molecule has 0 bridgehead atoms. The van der Waals surface area contributed by atoms with E-state index in [9.17, 15) is 9.18 Å². The largest absolute Gasteiger partial charge is 0.361 e. The SMILES string of the molecule is Cc1noc(C)c1-c1cc(F)c(=O)n(Cc2ccccc2)c1. The van der Waals surface area contributed by atoms with E-state index in [1.54, 1.807) is 20.0 Å². The summed E-state index contributed by atoms with van der Waals surface area (Å²) >= 11 is 0. The molecule has 0 spiro atoms. The van der Waals surface area contributed by atoms with Crippen molar-refractivity contribution in [3.63, 3.8) is 0 Å². The maximum Gasteiger partial charge on any atom is 0.286 e. The van der Waals surface area contributed by atoms with Crippen molar-refractivity contribution in [1.29, 1.82) is 0 Å². The number of pyridine rings is 1. The standard InChI is InChI=1S/C17H15FN2O2/c1-11-16(12(2)22-19-11)14-8-15(18)17(21)20(10-14)9-13-6-4-3-5-7-13/h3-8,10H,9H2,1-2H3. The molecule has 22 heavy (non-hydrogen) atoms. The zero-order valence-corrected chi connectivity index (χ0v) is 12.3. The third-order valence-electron chi connectivity index (χ3n) is 3.56. The van der Waals surface area contributed by atoms with E-state index in [-0.39, 0.29) is 0 Å². The van der Waals surface area contributed by atoms with Gasteiger partial charge in [0.2, 0.25) is 0 Å². The molecule has 0 atom stereocenters. The molecule has 5 heteroatoms. The molecule has 3 aromatic rings. The van der Waals surface area contributed by atoms with Crippen molar-refractivity contribution in [3.05, 3.63) is 75.8 Å². The molecule has 0 fully saturated rings. The number of aryl methyl sites for hydroxylation is 2. The molecule has 2 aromatic heterocycles. The average molecular weight is 298 g/mol. The number of halogens is 1. The molecule has 0 unspecified atom stereocenters. The molecule has 0 amide bonds. The second-order valence-corrected chi connectivity index (χ2v) is 5.19. The summed E-state index contributed by atoms with van der Waals surface area (Å²) in [5.41, 5.74) is 2.27. The highest BCUT2D eigenvalue weighted by molar-refractivity contribution is 5.66. The Balaban J connectivity index is 2.10. The van der Waals surface area contributed by atoms with Crippen LogP contribution in [0.5, 0.6) is 0 Å². The summed E-state index contributed by atoms with van der Waals surface area (Å²) in [6.07, 6.45) is 1.64. The Labute approximate surface area is 126 Å². The van der Waals surface area contributed by atoms with E-state index < -0.39 is 11.4 Å². The second kappa shape index (κ2) is 5.60. The highest BCUT2D eigenvalue weighted by Gasteiger charge is 2.15. The predicted octanol–water partition coefficient (Wildman–Crippen LogP) is 3.31. The van der Waals surface area contributed by atoms with Gasteiger partial charge in [-0.05, 0) is 25.5 Å². The van der Waals surface area contributed by atoms with Gasteiger partial charge in [0.25, 0.3) is 5.56 Å². The van der Waals surface area contributed by atoms with Crippen LogP contribution < -0.4 is 5.56 Å². The van der Waals surface area contributed by atoms with Crippen molar-refractivity contribution >= 4 is 0 Å². The summed E-state index contributed by atoms with van der Waals surface area (Å²) in [6.45, 7) is 3.87. The molecule has 0 aliphatic rings. The van der Waals surface area contributed by atoms with Crippen LogP contribution in [0.4, 0.5) is 4.39 Å². The summed E-state index contributed by atoms with van der Waals surface area (Å²) in [4.78, 5) is 12.0. The van der Waals surface area contributed by atoms with Gasteiger partial charge in [0.1, 0.15) is 5.76 Å². The zero-order valence-electron chi connectivity index (χ0n) is 12.3. The van der Waals surface area contributed by atoms with Crippen LogP contribution in [0.1, 0.15) is 17.0 Å². The fraction of sp³-hybridized carbons (Fsp3) is 0.176. The molecule has 4 nitrogen and oxygen atoms in total. The molecule has 1 aromatic carbocycles. The lowest BCUT2D eigenvalue weighted by Crippen LogP contribution is -2.23. The quantitative estimate of drug-likeness (QED) is 0.745. The molecular weight excluding hydrogens is 283 g/mol. The number of nitrogens with zero attached hydrogens (tertiary/aromatic N) is 2. The van der Waals surface area contributed by atoms with Crippen LogP contribution in [0.15, 0.2) is 51.9 Å². The molecule has 0 N–H and O–H groups in total. The predicted molar refractivity (Wildman–Crippen MR) is 81.2 cm³/mol. The highest BCUT2D eigenvalue weighted by atomic mass is 19.1. The number of hydrogen-bond acceptors (Lipinski definition) is 3. The highest BCUT2D eigenvalue weighted by Crippen LogP contribution is 2.26. The Morgan fingerprint density at radius 2 is 1.95 bits per heavy atom. The molecule has 2 heterocycles. The minimum Gasteiger partial charge on any atom is -0.361 e. The number of benzene rings is 1. The first-order valence-electron chi connectivity index (χ1n) is 6.93. The number of hydrogen-bond donors (Lipinski definition) is 0. The fourth-order valence-electron chi connectivity index (χ4n) is 2.53. The summed E-state index contributed by atoms with van der Waals surface area (Å²) < 4.78 is 20.5. The van der Waals surface area contributed by atoms with Crippen LogP contribution in [0, 0.1) is 19.7 Å². The lowest BCUT2D eigenvalue weighted by atomic mass is 10.1. The van der Waals surface area contributed by atoms with Gasteiger partial charge in [0, 0.05) is 17.3 Å². The summed E-state index contributed by atoms with van der Waals surface area (Å²) in [5, 5.41) is 3.87. The summed E-state index contributed by atoms with van der Waals surface area (Å²) in [6, 6.07) is 10.7. The molecule has 0 saturated heterocycles. The van der Waals surface area contributed by atoms with Gasteiger partial charge in [-0.3, -0.25) is 4.79 Å². The maximum atomic E-state index is 14.0. The van der Waals surface area contributed by atoms with E-state index in [2.05, 4.69) is 5.16 Å². The van der Waals surface area contributed by atoms with Gasteiger partial charge in [0.05, 0.1) is 12.2 Å². The normalized spacial score (nSPS) is 10.9. The first kappa shape index (κ1) is 14.3. The van der Waals surface area contributed by atoms with Gasteiger partial charge < -0.3 is 9.09 Å². The van der Waals surface area contributed by atoms with Crippen molar-refractivity contribution in [2.24, 2.45) is 0 Å². The van der Waals surface area contributed by atoms with Gasteiger partial charge in [-0.25, -0.2) is 4.39 Å². The molecule has 0 aliphatic carbocycles. The second-order valence-electron chi connectivity index (χ2n) is 5.19. The first-order chi connectivity index (χ1) is 10.6. The van der Waals surface area contributed by atoms with Crippen LogP contribution >= 0.6 is 0 Å². The third kappa shape index (κ3) is 2.57. The Bertz CT molecular complexity index is 847. The van der Waals surface area contributed by atoms with Gasteiger partial charge >= 0.3 is 0 Å². The van der Waals surface area contributed by atoms with Gasteiger partial charge in [-0.1, -0.05) is 35.5 Å². The number of aromatic nitrogens is 2. The summed E-state index contributed by atoms with van der Waals surface area (Å²) in [7, 11) is 0. The Hall–Kier alpha value is -2.69. The monoisotopic (exact) mass is 298 g/mol. The molecule has 0 radical (unpaired) electrons. The Morgan fingerprint density at radius 1 is 1.23 bits per heavy atom. The van der Waals surface area contributed by atoms with Crippen LogP contribution in [0.3, 0.4) is 0 Å². The minimum atomic E-state index is -0.784. The van der Waals surface area contributed by atoms with Crippen LogP contribution in [0.2, 0.25) is 0 Å².